The van der Waals surface area contributed by atoms with Crippen molar-refractivity contribution in [2.75, 3.05) is 0 Å². The van der Waals surface area contributed by atoms with Crippen molar-refractivity contribution in [3.63, 3.8) is 0 Å². The number of nitrogens with one attached hydrogen (secondary N) is 1. The van der Waals surface area contributed by atoms with Crippen LogP contribution < -0.4 is 5.32 Å². The second-order valence-corrected chi connectivity index (χ2v) is 4.36. The molecule has 0 aromatic heterocycles. The summed E-state index contributed by atoms with van der Waals surface area (Å²) in [7, 11) is 0. The van der Waals surface area contributed by atoms with Crippen molar-refractivity contribution in [2.45, 2.75) is 29.9 Å². The van der Waals surface area contributed by atoms with E-state index in [2.05, 4.69) is 17.9 Å². The van der Waals surface area contributed by atoms with Crippen molar-refractivity contribution in [3.05, 3.63) is 29.8 Å². The van der Waals surface area contributed by atoms with Gasteiger partial charge < -0.3 is 10.4 Å². The molecule has 3 nitrogen and oxygen atoms in total. The smallest absolute Gasteiger partial charge is 0.251 e. The van der Waals surface area contributed by atoms with E-state index in [0.717, 1.165) is 4.90 Å². The summed E-state index contributed by atoms with van der Waals surface area (Å²) >= 11 is 4.17. The van der Waals surface area contributed by atoms with Crippen molar-refractivity contribution >= 4 is 18.5 Å². The van der Waals surface area contributed by atoms with Gasteiger partial charge in [0, 0.05) is 16.5 Å². The molecular weight excluding hydrogens is 210 g/mol. The minimum atomic E-state index is -0.244. The van der Waals surface area contributed by atoms with Gasteiger partial charge in [0.15, 0.2) is 0 Å². The Morgan fingerprint density at radius 3 is 2.80 bits per heavy atom. The molecule has 0 heterocycles. The van der Waals surface area contributed by atoms with Gasteiger partial charge in [-0.1, -0.05) is 6.07 Å². The highest BCUT2D eigenvalue weighted by molar-refractivity contribution is 7.80. The predicted molar refractivity (Wildman–Crippen MR) is 60.2 cm³/mol. The molecule has 1 aromatic rings. The molecular formula is C11H13NO2S. The molecule has 0 unspecified atom stereocenters. The highest BCUT2D eigenvalue weighted by Gasteiger charge is 2.28. The maximum atomic E-state index is 11.7. The van der Waals surface area contributed by atoms with Crippen molar-refractivity contribution in [1.29, 1.82) is 0 Å². The van der Waals surface area contributed by atoms with Crippen molar-refractivity contribution < 1.29 is 9.90 Å². The number of benzene rings is 1. The lowest BCUT2D eigenvalue weighted by molar-refractivity contribution is 0.0562. The molecule has 1 aliphatic rings. The Hall–Kier alpha value is -1.00. The van der Waals surface area contributed by atoms with Crippen LogP contribution in [0.15, 0.2) is 29.2 Å². The van der Waals surface area contributed by atoms with Gasteiger partial charge in [0.1, 0.15) is 0 Å². The standard InChI is InChI=1S/C11H13NO2S/c13-9-5-8(6-9)12-11(14)7-2-1-3-10(15)4-7/h1-4,8-9,13,15H,5-6H2,(H,12,14). The molecule has 2 N–H and O–H groups in total. The Morgan fingerprint density at radius 2 is 2.20 bits per heavy atom. The third-order valence-corrected chi connectivity index (χ3v) is 2.83. The average Bonchev–Trinajstić information content (AvgIpc) is 2.15. The van der Waals surface area contributed by atoms with E-state index in [0.29, 0.717) is 18.4 Å². The summed E-state index contributed by atoms with van der Waals surface area (Å²) in [6.45, 7) is 0. The Bertz CT molecular complexity index is 375. The number of carbonyl (C=O) groups is 1. The van der Waals surface area contributed by atoms with Crippen LogP contribution in [0.25, 0.3) is 0 Å². The van der Waals surface area contributed by atoms with E-state index in [-0.39, 0.29) is 18.1 Å². The number of thiol groups is 1. The van der Waals surface area contributed by atoms with Crippen LogP contribution in [0.3, 0.4) is 0 Å². The molecule has 15 heavy (non-hydrogen) atoms. The lowest BCUT2D eigenvalue weighted by Gasteiger charge is -2.31. The number of hydrogen-bond donors (Lipinski definition) is 3. The van der Waals surface area contributed by atoms with Gasteiger partial charge in [-0.2, -0.15) is 0 Å². The molecule has 0 saturated heterocycles. The van der Waals surface area contributed by atoms with Gasteiger partial charge in [-0.3, -0.25) is 4.79 Å². The molecule has 1 aromatic carbocycles. The summed E-state index contributed by atoms with van der Waals surface area (Å²) in [6.07, 6.45) is 1.07. The number of aliphatic hydroxyl groups is 1. The van der Waals surface area contributed by atoms with Crippen LogP contribution in [0.5, 0.6) is 0 Å². The van der Waals surface area contributed by atoms with Crippen LogP contribution in [0.1, 0.15) is 23.2 Å². The summed E-state index contributed by atoms with van der Waals surface area (Å²) < 4.78 is 0. The maximum Gasteiger partial charge on any atom is 0.251 e. The van der Waals surface area contributed by atoms with Gasteiger partial charge in [-0.25, -0.2) is 0 Å². The minimum absolute atomic E-state index is 0.0946. The van der Waals surface area contributed by atoms with Crippen LogP contribution in [0.2, 0.25) is 0 Å². The minimum Gasteiger partial charge on any atom is -0.393 e. The number of hydrogen-bond acceptors (Lipinski definition) is 3. The fraction of sp³-hybridized carbons (Fsp3) is 0.364. The van der Waals surface area contributed by atoms with Crippen molar-refractivity contribution in [1.82, 2.24) is 5.32 Å². The molecule has 80 valence electrons. The van der Waals surface area contributed by atoms with E-state index in [9.17, 15) is 4.79 Å². The van der Waals surface area contributed by atoms with Gasteiger partial charge in [-0.05, 0) is 31.0 Å². The lowest BCUT2D eigenvalue weighted by atomic mass is 9.89. The van der Waals surface area contributed by atoms with Gasteiger partial charge >= 0.3 is 0 Å². The van der Waals surface area contributed by atoms with E-state index in [4.69, 9.17) is 5.11 Å². The Kier molecular flexibility index (Phi) is 2.98. The zero-order valence-electron chi connectivity index (χ0n) is 8.18. The highest BCUT2D eigenvalue weighted by Crippen LogP contribution is 2.20. The predicted octanol–water partition coefficient (Wildman–Crippen LogP) is 1.23. The molecule has 4 heteroatoms. The highest BCUT2D eigenvalue weighted by atomic mass is 32.1. The fourth-order valence-electron chi connectivity index (χ4n) is 1.62. The SMILES string of the molecule is O=C(NC1CC(O)C1)c1cccc(S)c1. The van der Waals surface area contributed by atoms with E-state index in [1.54, 1.807) is 18.2 Å². The first-order valence-corrected chi connectivity index (χ1v) is 5.38. The van der Waals surface area contributed by atoms with Crippen molar-refractivity contribution in [3.8, 4) is 0 Å². The molecule has 0 bridgehead atoms. The summed E-state index contributed by atoms with van der Waals surface area (Å²) in [6, 6.07) is 7.23. The Balaban J connectivity index is 1.96. The molecule has 1 aliphatic carbocycles. The molecule has 0 atom stereocenters. The van der Waals surface area contributed by atoms with Crippen molar-refractivity contribution in [2.24, 2.45) is 0 Å². The van der Waals surface area contributed by atoms with Gasteiger partial charge in [0.25, 0.3) is 5.91 Å². The lowest BCUT2D eigenvalue weighted by Crippen LogP contribution is -2.46. The largest absolute Gasteiger partial charge is 0.393 e. The molecule has 0 aliphatic heterocycles. The van der Waals surface area contributed by atoms with Gasteiger partial charge in [-0.15, -0.1) is 12.6 Å². The first-order chi connectivity index (χ1) is 7.15. The fourth-order valence-corrected chi connectivity index (χ4v) is 1.85. The summed E-state index contributed by atoms with van der Waals surface area (Å²) in [5.74, 6) is -0.0946. The average molecular weight is 223 g/mol. The van der Waals surface area contributed by atoms with Crippen LogP contribution in [-0.4, -0.2) is 23.2 Å². The Morgan fingerprint density at radius 1 is 1.47 bits per heavy atom. The van der Waals surface area contributed by atoms with Crippen LogP contribution in [0, 0.1) is 0 Å². The molecule has 1 saturated carbocycles. The second-order valence-electron chi connectivity index (χ2n) is 3.85. The summed E-state index contributed by atoms with van der Waals surface area (Å²) in [5.41, 5.74) is 0.615. The monoisotopic (exact) mass is 223 g/mol. The third kappa shape index (κ3) is 2.52. The first-order valence-electron chi connectivity index (χ1n) is 4.93. The van der Waals surface area contributed by atoms with E-state index in [1.165, 1.54) is 0 Å². The Labute approximate surface area is 93.9 Å². The number of amides is 1. The number of rotatable bonds is 2. The topological polar surface area (TPSA) is 49.3 Å². The quantitative estimate of drug-likeness (QED) is 0.660. The number of aliphatic hydroxyl groups excluding tert-OH is 1. The summed E-state index contributed by atoms with van der Waals surface area (Å²) in [5, 5.41) is 11.9. The van der Waals surface area contributed by atoms with Crippen LogP contribution >= 0.6 is 12.6 Å². The maximum absolute atomic E-state index is 11.7. The third-order valence-electron chi connectivity index (χ3n) is 2.56. The molecule has 1 amide bonds. The molecule has 0 radical (unpaired) electrons. The van der Waals surface area contributed by atoms with Gasteiger partial charge in [0.05, 0.1) is 6.10 Å². The second kappa shape index (κ2) is 4.24. The normalized spacial score (nSPS) is 24.4. The van der Waals surface area contributed by atoms with Crippen LogP contribution in [0.4, 0.5) is 0 Å². The molecule has 1 fully saturated rings. The molecule has 0 spiro atoms. The van der Waals surface area contributed by atoms with Gasteiger partial charge in [0.2, 0.25) is 0 Å². The van der Waals surface area contributed by atoms with Crippen LogP contribution in [-0.2, 0) is 0 Å². The summed E-state index contributed by atoms with van der Waals surface area (Å²) in [4.78, 5) is 12.5. The zero-order chi connectivity index (χ0) is 10.8. The molecule has 2 rings (SSSR count). The zero-order valence-corrected chi connectivity index (χ0v) is 9.08. The van der Waals surface area contributed by atoms with E-state index in [1.807, 2.05) is 6.07 Å². The number of carbonyl (C=O) groups excluding carboxylic acids is 1. The van der Waals surface area contributed by atoms with E-state index >= 15 is 0 Å². The van der Waals surface area contributed by atoms with E-state index < -0.39 is 0 Å². The first kappa shape index (κ1) is 10.5.